The van der Waals surface area contributed by atoms with Gasteiger partial charge in [-0.2, -0.15) is 0 Å². The number of nitrogens with one attached hydrogen (secondary N) is 1. The minimum absolute atomic E-state index is 0.930. The minimum atomic E-state index is 0.930. The fraction of sp³-hybridized carbons (Fsp3) is 0.0952. The fourth-order valence-corrected chi connectivity index (χ4v) is 3.75. The third-order valence-electron chi connectivity index (χ3n) is 3.99. The molecular weight excluding hydrogens is 312 g/mol. The number of aromatic nitrogens is 1. The fourth-order valence-electron chi connectivity index (χ4n) is 2.73. The van der Waals surface area contributed by atoms with E-state index in [1.807, 2.05) is 6.07 Å². The number of anilines is 1. The molecule has 1 N–H and O–H groups in total. The summed E-state index contributed by atoms with van der Waals surface area (Å²) < 4.78 is 1.22. The summed E-state index contributed by atoms with van der Waals surface area (Å²) in [6, 6.07) is 27.3. The van der Waals surface area contributed by atoms with Crippen LogP contribution in [0.5, 0.6) is 0 Å². The second kappa shape index (κ2) is 6.85. The predicted octanol–water partition coefficient (Wildman–Crippen LogP) is 5.62. The van der Waals surface area contributed by atoms with Crippen LogP contribution < -0.4 is 5.32 Å². The zero-order chi connectivity index (χ0) is 16.2. The zero-order valence-corrected chi connectivity index (χ0v) is 14.1. The van der Waals surface area contributed by atoms with E-state index in [9.17, 15) is 0 Å². The first kappa shape index (κ1) is 14.9. The molecule has 0 saturated heterocycles. The molecule has 1 heterocycles. The van der Waals surface area contributed by atoms with Crippen LogP contribution in [0, 0.1) is 0 Å². The lowest BCUT2D eigenvalue weighted by molar-refractivity contribution is 1.02. The van der Waals surface area contributed by atoms with E-state index < -0.39 is 0 Å². The van der Waals surface area contributed by atoms with Gasteiger partial charge in [0.05, 0.1) is 10.2 Å². The molecule has 0 unspecified atom stereocenters. The molecule has 0 radical (unpaired) electrons. The van der Waals surface area contributed by atoms with Gasteiger partial charge >= 0.3 is 0 Å². The Balaban J connectivity index is 1.49. The van der Waals surface area contributed by atoms with Crippen molar-refractivity contribution in [1.82, 2.24) is 4.98 Å². The molecule has 24 heavy (non-hydrogen) atoms. The average Bonchev–Trinajstić information content (AvgIpc) is 3.07. The predicted molar refractivity (Wildman–Crippen MR) is 104 cm³/mol. The molecule has 0 aliphatic heterocycles. The summed E-state index contributed by atoms with van der Waals surface area (Å²) in [6.07, 6.45) is 1.02. The van der Waals surface area contributed by atoms with Crippen molar-refractivity contribution in [2.24, 2.45) is 0 Å². The minimum Gasteiger partial charge on any atom is -0.385 e. The van der Waals surface area contributed by atoms with Crippen molar-refractivity contribution in [2.45, 2.75) is 6.42 Å². The Morgan fingerprint density at radius 2 is 1.58 bits per heavy atom. The van der Waals surface area contributed by atoms with Crippen molar-refractivity contribution in [1.29, 1.82) is 0 Å². The molecule has 0 atom stereocenters. The van der Waals surface area contributed by atoms with Gasteiger partial charge in [-0.1, -0.05) is 60.7 Å². The van der Waals surface area contributed by atoms with Crippen LogP contribution in [0.2, 0.25) is 0 Å². The Morgan fingerprint density at radius 3 is 2.38 bits per heavy atom. The average molecular weight is 330 g/mol. The number of benzene rings is 3. The van der Waals surface area contributed by atoms with Crippen LogP contribution in [0.4, 0.5) is 5.69 Å². The van der Waals surface area contributed by atoms with Crippen LogP contribution in [0.3, 0.4) is 0 Å². The lowest BCUT2D eigenvalue weighted by atomic mass is 10.1. The Morgan fingerprint density at radius 1 is 0.833 bits per heavy atom. The molecule has 0 spiro atoms. The monoisotopic (exact) mass is 330 g/mol. The van der Waals surface area contributed by atoms with E-state index >= 15 is 0 Å². The molecule has 0 aliphatic rings. The molecule has 2 nitrogen and oxygen atoms in total. The summed E-state index contributed by atoms with van der Waals surface area (Å²) in [4.78, 5) is 4.74. The van der Waals surface area contributed by atoms with Crippen LogP contribution in [0.1, 0.15) is 5.56 Å². The molecule has 3 aromatic carbocycles. The molecule has 3 heteroatoms. The van der Waals surface area contributed by atoms with E-state index in [1.54, 1.807) is 11.3 Å². The van der Waals surface area contributed by atoms with Gasteiger partial charge in [-0.3, -0.25) is 0 Å². The molecule has 1 aromatic heterocycles. The van der Waals surface area contributed by atoms with E-state index in [-0.39, 0.29) is 0 Å². The topological polar surface area (TPSA) is 24.9 Å². The van der Waals surface area contributed by atoms with Crippen LogP contribution in [-0.4, -0.2) is 11.5 Å². The van der Waals surface area contributed by atoms with Crippen LogP contribution >= 0.6 is 11.3 Å². The van der Waals surface area contributed by atoms with Gasteiger partial charge < -0.3 is 5.32 Å². The number of fused-ring (bicyclic) bond motifs is 1. The van der Waals surface area contributed by atoms with Gasteiger partial charge in [0.15, 0.2) is 0 Å². The van der Waals surface area contributed by atoms with Gasteiger partial charge in [-0.05, 0) is 30.2 Å². The summed E-state index contributed by atoms with van der Waals surface area (Å²) in [5.74, 6) is 0. The van der Waals surface area contributed by atoms with Crippen molar-refractivity contribution < 1.29 is 0 Å². The molecule has 0 aliphatic carbocycles. The molecule has 0 fully saturated rings. The Bertz CT molecular complexity index is 930. The van der Waals surface area contributed by atoms with Gasteiger partial charge in [-0.15, -0.1) is 11.3 Å². The number of thiazole rings is 1. The van der Waals surface area contributed by atoms with Crippen molar-refractivity contribution in [3.63, 3.8) is 0 Å². The molecule has 0 saturated carbocycles. The molecule has 4 rings (SSSR count). The van der Waals surface area contributed by atoms with Gasteiger partial charge in [-0.25, -0.2) is 4.98 Å². The maximum absolute atomic E-state index is 4.74. The number of hydrogen-bond donors (Lipinski definition) is 1. The highest BCUT2D eigenvalue weighted by Gasteiger charge is 2.06. The largest absolute Gasteiger partial charge is 0.385 e. The molecule has 0 amide bonds. The molecule has 0 bridgehead atoms. The summed E-state index contributed by atoms with van der Waals surface area (Å²) in [7, 11) is 0. The first-order chi connectivity index (χ1) is 11.9. The van der Waals surface area contributed by atoms with Gasteiger partial charge in [0.1, 0.15) is 5.01 Å². The van der Waals surface area contributed by atoms with Crippen LogP contribution in [0.25, 0.3) is 20.8 Å². The summed E-state index contributed by atoms with van der Waals surface area (Å²) in [5.41, 5.74) is 4.75. The van der Waals surface area contributed by atoms with Crippen LogP contribution in [-0.2, 0) is 6.42 Å². The van der Waals surface area contributed by atoms with Gasteiger partial charge in [0, 0.05) is 17.8 Å². The van der Waals surface area contributed by atoms with Crippen molar-refractivity contribution in [3.8, 4) is 10.6 Å². The van der Waals surface area contributed by atoms with E-state index in [4.69, 9.17) is 4.98 Å². The van der Waals surface area contributed by atoms with E-state index in [1.165, 1.54) is 15.8 Å². The maximum Gasteiger partial charge on any atom is 0.124 e. The summed E-state index contributed by atoms with van der Waals surface area (Å²) >= 11 is 1.74. The van der Waals surface area contributed by atoms with Crippen molar-refractivity contribution in [2.75, 3.05) is 11.9 Å². The quantitative estimate of drug-likeness (QED) is 0.514. The number of hydrogen-bond acceptors (Lipinski definition) is 3. The third-order valence-corrected chi connectivity index (χ3v) is 5.06. The first-order valence-corrected chi connectivity index (χ1v) is 8.94. The third kappa shape index (κ3) is 3.31. The van der Waals surface area contributed by atoms with E-state index in [0.717, 1.165) is 29.2 Å². The SMILES string of the molecule is c1ccc(CCNc2ccc3nc(-c4ccccc4)sc3c2)cc1. The molecule has 4 aromatic rings. The number of nitrogens with zero attached hydrogens (tertiary/aromatic N) is 1. The maximum atomic E-state index is 4.74. The normalized spacial score (nSPS) is 10.8. The smallest absolute Gasteiger partial charge is 0.124 e. The van der Waals surface area contributed by atoms with E-state index in [0.29, 0.717) is 0 Å². The Labute approximate surface area is 145 Å². The zero-order valence-electron chi connectivity index (χ0n) is 13.3. The van der Waals surface area contributed by atoms with E-state index in [2.05, 4.69) is 78.1 Å². The number of rotatable bonds is 5. The Hall–Kier alpha value is -2.65. The standard InChI is InChI=1S/C21H18N2S/c1-3-7-16(8-4-1)13-14-22-18-11-12-19-20(15-18)24-21(23-19)17-9-5-2-6-10-17/h1-12,15,22H,13-14H2. The summed E-state index contributed by atoms with van der Waals surface area (Å²) in [6.45, 7) is 0.930. The highest BCUT2D eigenvalue weighted by Crippen LogP contribution is 2.31. The lowest BCUT2D eigenvalue weighted by Gasteiger charge is -2.06. The highest BCUT2D eigenvalue weighted by molar-refractivity contribution is 7.21. The van der Waals surface area contributed by atoms with Crippen molar-refractivity contribution >= 4 is 27.2 Å². The second-order valence-electron chi connectivity index (χ2n) is 5.73. The van der Waals surface area contributed by atoms with Gasteiger partial charge in [0.25, 0.3) is 0 Å². The second-order valence-corrected chi connectivity index (χ2v) is 6.76. The molecule has 118 valence electrons. The highest BCUT2D eigenvalue weighted by atomic mass is 32.1. The lowest BCUT2D eigenvalue weighted by Crippen LogP contribution is -2.04. The van der Waals surface area contributed by atoms with Gasteiger partial charge in [0.2, 0.25) is 0 Å². The Kier molecular flexibility index (Phi) is 4.26. The van der Waals surface area contributed by atoms with Crippen LogP contribution in [0.15, 0.2) is 78.9 Å². The first-order valence-electron chi connectivity index (χ1n) is 8.12. The summed E-state index contributed by atoms with van der Waals surface area (Å²) in [5, 5.41) is 4.59. The molecular formula is C21H18N2S. The van der Waals surface area contributed by atoms with Crippen molar-refractivity contribution in [3.05, 3.63) is 84.4 Å².